The summed E-state index contributed by atoms with van der Waals surface area (Å²) < 4.78 is 5.20. The van der Waals surface area contributed by atoms with Crippen LogP contribution in [0, 0.1) is 5.92 Å². The largest absolute Gasteiger partial charge is 0.344 e. The number of likely N-dealkylation sites (N-methyl/N-ethyl adjacent to an activating group) is 1. The molecule has 1 aliphatic carbocycles. The minimum absolute atomic E-state index is 0.0401. The van der Waals surface area contributed by atoms with Crippen molar-refractivity contribution in [1.29, 1.82) is 0 Å². The molecule has 2 amide bonds. The number of hydrogen-bond donors (Lipinski definition) is 0. The first kappa shape index (κ1) is 15.0. The summed E-state index contributed by atoms with van der Waals surface area (Å²) >= 11 is 0. The van der Waals surface area contributed by atoms with E-state index in [1.54, 1.807) is 16.8 Å². The molecule has 22 heavy (non-hydrogen) atoms. The van der Waals surface area contributed by atoms with Crippen molar-refractivity contribution in [3.8, 4) is 0 Å². The third kappa shape index (κ3) is 3.28. The van der Waals surface area contributed by atoms with Crippen LogP contribution in [0.15, 0.2) is 4.52 Å². The van der Waals surface area contributed by atoms with Crippen molar-refractivity contribution in [3.05, 3.63) is 11.7 Å². The molecule has 1 aromatic rings. The maximum atomic E-state index is 12.2. The third-order valence-electron chi connectivity index (χ3n) is 4.40. The maximum absolute atomic E-state index is 12.2. The summed E-state index contributed by atoms with van der Waals surface area (Å²) in [6.45, 7) is 3.28. The number of carbonyl (C=O) groups excluding carboxylic acids is 2. The zero-order valence-corrected chi connectivity index (χ0v) is 13.1. The molecule has 2 aliphatic rings. The number of carbonyl (C=O) groups is 2. The van der Waals surface area contributed by atoms with Crippen LogP contribution < -0.4 is 0 Å². The Bertz CT molecular complexity index is 567. The Morgan fingerprint density at radius 1 is 1.41 bits per heavy atom. The molecular weight excluding hydrogens is 284 g/mol. The normalized spacial score (nSPS) is 21.5. The van der Waals surface area contributed by atoms with E-state index in [4.69, 9.17) is 4.52 Å². The molecule has 7 heteroatoms. The minimum Gasteiger partial charge on any atom is -0.344 e. The van der Waals surface area contributed by atoms with Crippen molar-refractivity contribution in [1.82, 2.24) is 19.9 Å². The predicted molar refractivity (Wildman–Crippen MR) is 78.0 cm³/mol. The third-order valence-corrected chi connectivity index (χ3v) is 4.40. The van der Waals surface area contributed by atoms with E-state index in [0.29, 0.717) is 31.3 Å². The Kier molecular flexibility index (Phi) is 4.13. The van der Waals surface area contributed by atoms with Crippen molar-refractivity contribution >= 4 is 11.8 Å². The minimum atomic E-state index is -0.0478. The van der Waals surface area contributed by atoms with E-state index in [0.717, 1.165) is 25.2 Å². The van der Waals surface area contributed by atoms with E-state index < -0.39 is 0 Å². The van der Waals surface area contributed by atoms with Gasteiger partial charge in [-0.15, -0.1) is 0 Å². The summed E-state index contributed by atoms with van der Waals surface area (Å²) in [7, 11) is 1.74. The first-order chi connectivity index (χ1) is 10.5. The highest BCUT2D eigenvalue weighted by atomic mass is 16.5. The van der Waals surface area contributed by atoms with Crippen LogP contribution in [-0.2, 0) is 16.0 Å². The average Bonchev–Trinajstić information content (AvgIpc) is 3.18. The van der Waals surface area contributed by atoms with Gasteiger partial charge in [0.05, 0.1) is 6.54 Å². The fraction of sp³-hybridized carbons (Fsp3) is 0.733. The molecule has 0 aromatic carbocycles. The van der Waals surface area contributed by atoms with E-state index in [2.05, 4.69) is 10.1 Å². The number of likely N-dealkylation sites (tertiary alicyclic amines) is 1. The molecule has 1 saturated heterocycles. The van der Waals surface area contributed by atoms with E-state index in [1.165, 1.54) is 0 Å². The summed E-state index contributed by atoms with van der Waals surface area (Å²) in [5, 5.41) is 3.95. The van der Waals surface area contributed by atoms with Gasteiger partial charge >= 0.3 is 0 Å². The molecule has 1 aliphatic heterocycles. The summed E-state index contributed by atoms with van der Waals surface area (Å²) in [5.74, 6) is 1.89. The van der Waals surface area contributed by atoms with E-state index in [9.17, 15) is 9.59 Å². The molecule has 1 atom stereocenters. The van der Waals surface area contributed by atoms with Gasteiger partial charge in [-0.05, 0) is 19.3 Å². The molecule has 0 bridgehead atoms. The number of nitrogens with zero attached hydrogens (tertiary/aromatic N) is 4. The molecular formula is C15H22N4O3. The van der Waals surface area contributed by atoms with Crippen LogP contribution >= 0.6 is 0 Å². The summed E-state index contributed by atoms with van der Waals surface area (Å²) in [6, 6.07) is 0. The smallest absolute Gasteiger partial charge is 0.241 e. The van der Waals surface area contributed by atoms with Gasteiger partial charge < -0.3 is 14.3 Å². The van der Waals surface area contributed by atoms with Crippen LogP contribution in [0.2, 0.25) is 0 Å². The highest BCUT2D eigenvalue weighted by Gasteiger charge is 2.31. The molecule has 7 nitrogen and oxygen atoms in total. The lowest BCUT2D eigenvalue weighted by Crippen LogP contribution is -2.40. The fourth-order valence-corrected chi connectivity index (χ4v) is 2.59. The van der Waals surface area contributed by atoms with Gasteiger partial charge in [0.2, 0.25) is 17.7 Å². The van der Waals surface area contributed by atoms with Crippen molar-refractivity contribution in [3.63, 3.8) is 0 Å². The number of rotatable bonds is 6. The van der Waals surface area contributed by atoms with Crippen LogP contribution in [0.25, 0.3) is 0 Å². The lowest BCUT2D eigenvalue weighted by atomic mass is 10.1. The predicted octanol–water partition coefficient (Wildman–Crippen LogP) is 0.816. The first-order valence-corrected chi connectivity index (χ1v) is 7.90. The second-order valence-corrected chi connectivity index (χ2v) is 6.34. The molecule has 0 N–H and O–H groups in total. The lowest BCUT2D eigenvalue weighted by Gasteiger charge is -2.21. The molecule has 1 aromatic heterocycles. The van der Waals surface area contributed by atoms with Gasteiger partial charge in [0.1, 0.15) is 0 Å². The van der Waals surface area contributed by atoms with E-state index in [-0.39, 0.29) is 24.3 Å². The van der Waals surface area contributed by atoms with Crippen LogP contribution in [0.4, 0.5) is 0 Å². The topological polar surface area (TPSA) is 79.5 Å². The molecule has 2 heterocycles. The number of hydrogen-bond acceptors (Lipinski definition) is 5. The lowest BCUT2D eigenvalue weighted by molar-refractivity contribution is -0.138. The van der Waals surface area contributed by atoms with Gasteiger partial charge in [-0.25, -0.2) is 0 Å². The van der Waals surface area contributed by atoms with Crippen molar-refractivity contribution < 1.29 is 14.1 Å². The van der Waals surface area contributed by atoms with Gasteiger partial charge in [-0.2, -0.15) is 4.98 Å². The number of aromatic nitrogens is 2. The van der Waals surface area contributed by atoms with E-state index in [1.807, 2.05) is 6.92 Å². The van der Waals surface area contributed by atoms with Crippen molar-refractivity contribution in [2.75, 3.05) is 26.7 Å². The van der Waals surface area contributed by atoms with E-state index >= 15 is 0 Å². The molecule has 1 saturated carbocycles. The van der Waals surface area contributed by atoms with Crippen LogP contribution in [0.3, 0.4) is 0 Å². The van der Waals surface area contributed by atoms with Crippen LogP contribution in [-0.4, -0.2) is 58.4 Å². The maximum Gasteiger partial charge on any atom is 0.241 e. The van der Waals surface area contributed by atoms with Gasteiger partial charge in [-0.3, -0.25) is 9.59 Å². The van der Waals surface area contributed by atoms with Crippen molar-refractivity contribution in [2.45, 2.75) is 38.5 Å². The average molecular weight is 306 g/mol. The summed E-state index contributed by atoms with van der Waals surface area (Å²) in [5.41, 5.74) is 0. The highest BCUT2D eigenvalue weighted by Crippen LogP contribution is 2.38. The highest BCUT2D eigenvalue weighted by molar-refractivity contribution is 5.86. The Hall–Kier alpha value is -1.92. The quantitative estimate of drug-likeness (QED) is 0.777. The van der Waals surface area contributed by atoms with Crippen LogP contribution in [0.5, 0.6) is 0 Å². The monoisotopic (exact) mass is 306 g/mol. The fourth-order valence-electron chi connectivity index (χ4n) is 2.59. The van der Waals surface area contributed by atoms with Gasteiger partial charge in [0.25, 0.3) is 0 Å². The zero-order valence-electron chi connectivity index (χ0n) is 13.1. The Labute approximate surface area is 129 Å². The molecule has 2 fully saturated rings. The Morgan fingerprint density at radius 2 is 2.18 bits per heavy atom. The Morgan fingerprint density at radius 3 is 2.82 bits per heavy atom. The van der Waals surface area contributed by atoms with Crippen molar-refractivity contribution in [2.24, 2.45) is 5.92 Å². The Balaban J connectivity index is 1.45. The van der Waals surface area contributed by atoms with Gasteiger partial charge in [-0.1, -0.05) is 12.1 Å². The van der Waals surface area contributed by atoms with Crippen LogP contribution in [0.1, 0.15) is 43.8 Å². The second-order valence-electron chi connectivity index (χ2n) is 6.34. The second kappa shape index (κ2) is 6.06. The molecule has 0 radical (unpaired) electrons. The number of amides is 2. The summed E-state index contributed by atoms with van der Waals surface area (Å²) in [6.07, 6.45) is 3.66. The standard InChI is InChI=1S/C15H22N4O3/c1-10-5-8-19(15(10)21)9-13(20)18(2)7-6-12-16-14(22-17-12)11-3-4-11/h10-11H,3-9H2,1-2H3/t10-/m1/s1. The molecule has 0 spiro atoms. The van der Waals surface area contributed by atoms with Gasteiger partial charge in [0.15, 0.2) is 5.82 Å². The first-order valence-electron chi connectivity index (χ1n) is 7.90. The summed E-state index contributed by atoms with van der Waals surface area (Å²) in [4.78, 5) is 31.6. The molecule has 120 valence electrons. The zero-order chi connectivity index (χ0) is 15.7. The van der Waals surface area contributed by atoms with Gasteiger partial charge in [0, 0.05) is 38.4 Å². The molecule has 0 unspecified atom stereocenters. The SMILES string of the molecule is C[C@@H]1CCN(CC(=O)N(C)CCc2noc(C3CC3)n2)C1=O. The molecule has 3 rings (SSSR count).